The van der Waals surface area contributed by atoms with Gasteiger partial charge < -0.3 is 16.0 Å². The van der Waals surface area contributed by atoms with Crippen molar-refractivity contribution in [2.75, 3.05) is 25.0 Å². The Kier molecular flexibility index (Phi) is 13.1. The first-order valence-corrected chi connectivity index (χ1v) is 27.5. The Labute approximate surface area is 460 Å². The van der Waals surface area contributed by atoms with Gasteiger partial charge in [-0.15, -0.1) is 0 Å². The zero-order chi connectivity index (χ0) is 54.4. The van der Waals surface area contributed by atoms with Crippen LogP contribution in [0.1, 0.15) is 102 Å². The Bertz CT molecular complexity index is 4130. The normalized spacial score (nSPS) is 15.1. The molecular weight excluding hydrogens is 1000 g/mol. The van der Waals surface area contributed by atoms with E-state index >= 15 is 0 Å². The number of anilines is 1. The van der Waals surface area contributed by atoms with Crippen LogP contribution < -0.4 is 16.0 Å². The predicted molar refractivity (Wildman–Crippen MR) is 307 cm³/mol. The first-order valence-electron chi connectivity index (χ1n) is 27.5. The fourth-order valence-electron chi connectivity index (χ4n) is 11.0. The summed E-state index contributed by atoms with van der Waals surface area (Å²) >= 11 is 0. The van der Waals surface area contributed by atoms with Crippen molar-refractivity contribution in [3.63, 3.8) is 0 Å². The number of amides is 1. The summed E-state index contributed by atoms with van der Waals surface area (Å²) in [6.45, 7) is 11.6. The average Bonchev–Trinajstić information content (AvgIpc) is 4.38. The second-order valence-corrected chi connectivity index (χ2v) is 21.8. The molecule has 3 aliphatic rings. The molecule has 19 heteroatoms. The van der Waals surface area contributed by atoms with E-state index in [1.54, 1.807) is 23.1 Å². The van der Waals surface area contributed by atoms with Gasteiger partial charge in [0.2, 0.25) is 0 Å². The predicted octanol–water partition coefficient (Wildman–Crippen LogP) is 8.13. The highest BCUT2D eigenvalue weighted by molar-refractivity contribution is 5.95. The van der Waals surface area contributed by atoms with E-state index in [0.29, 0.717) is 25.1 Å². The van der Waals surface area contributed by atoms with Crippen molar-refractivity contribution in [3.05, 3.63) is 191 Å². The maximum Gasteiger partial charge on any atom is 0.270 e. The molecule has 1 amide bonds. The number of hydrogen-bond donors (Lipinski definition) is 3. The molecular formula is C61H60N18O. The zero-order valence-corrected chi connectivity index (χ0v) is 45.2. The van der Waals surface area contributed by atoms with E-state index < -0.39 is 0 Å². The minimum atomic E-state index is -0.0853. The fraction of sp³-hybridized carbons (Fsp3) is 0.295. The highest BCUT2D eigenvalue weighted by atomic mass is 16.1. The van der Waals surface area contributed by atoms with Crippen LogP contribution in [0.4, 0.5) is 5.69 Å². The van der Waals surface area contributed by atoms with Gasteiger partial charge in [0.15, 0.2) is 34.4 Å². The molecule has 0 atom stereocenters. The van der Waals surface area contributed by atoms with Gasteiger partial charge in [0, 0.05) is 115 Å². The van der Waals surface area contributed by atoms with Gasteiger partial charge >= 0.3 is 0 Å². The third-order valence-corrected chi connectivity index (χ3v) is 15.4. The van der Waals surface area contributed by atoms with E-state index in [-0.39, 0.29) is 16.9 Å². The molecule has 400 valence electrons. The van der Waals surface area contributed by atoms with Gasteiger partial charge in [-0.25, -0.2) is 33.5 Å². The summed E-state index contributed by atoms with van der Waals surface area (Å²) in [7, 11) is 0. The molecule has 0 aromatic carbocycles. The molecule has 0 saturated heterocycles. The SMILES string of the molecule is CC1(C)CCNc2ccc(CCc3nc4c5cccnc5ccn4n3)nc21.CC1(C)NCCc2ccc(CCc3nc4c5cccnc5ccn4n3)nc21.O=C1NCCc2ccc(CCc3nc4c5cccnc5ccn4n3)nc21. The quantitative estimate of drug-likeness (QED) is 0.124. The Hall–Kier alpha value is -9.23. The van der Waals surface area contributed by atoms with Crippen molar-refractivity contribution in [2.45, 2.75) is 96.4 Å². The van der Waals surface area contributed by atoms with E-state index in [9.17, 15) is 4.79 Å². The van der Waals surface area contributed by atoms with Crippen molar-refractivity contribution in [3.8, 4) is 0 Å². The second kappa shape index (κ2) is 20.9. The molecule has 0 spiro atoms. The van der Waals surface area contributed by atoms with Crippen LogP contribution in [0.5, 0.6) is 0 Å². The lowest BCUT2D eigenvalue weighted by atomic mass is 9.82. The highest BCUT2D eigenvalue weighted by Gasteiger charge is 2.30. The monoisotopic (exact) mass is 1060 g/mol. The van der Waals surface area contributed by atoms with Crippen LogP contribution in [0.25, 0.3) is 49.7 Å². The number of hydrogen-bond acceptors (Lipinski definition) is 15. The van der Waals surface area contributed by atoms with Crippen LogP contribution in [0.2, 0.25) is 0 Å². The number of aryl methyl sites for hydroxylation is 6. The molecule has 0 saturated carbocycles. The zero-order valence-electron chi connectivity index (χ0n) is 45.2. The molecule has 15 rings (SSSR count). The third-order valence-electron chi connectivity index (χ3n) is 15.4. The van der Waals surface area contributed by atoms with Crippen LogP contribution in [0.15, 0.2) is 128 Å². The Balaban J connectivity index is 0.000000113. The van der Waals surface area contributed by atoms with Crippen molar-refractivity contribution < 1.29 is 4.79 Å². The van der Waals surface area contributed by atoms with Crippen LogP contribution in [0.3, 0.4) is 0 Å². The topological polar surface area (TPSA) is 221 Å². The largest absolute Gasteiger partial charge is 0.384 e. The molecule has 12 aromatic heterocycles. The van der Waals surface area contributed by atoms with Gasteiger partial charge in [-0.2, -0.15) is 15.3 Å². The number of nitrogens with one attached hydrogen (secondary N) is 3. The van der Waals surface area contributed by atoms with Crippen molar-refractivity contribution in [1.29, 1.82) is 0 Å². The van der Waals surface area contributed by atoms with E-state index in [1.807, 2.05) is 94.4 Å². The lowest BCUT2D eigenvalue weighted by Gasteiger charge is -2.33. The van der Waals surface area contributed by atoms with Crippen molar-refractivity contribution in [2.24, 2.45) is 0 Å². The minimum absolute atomic E-state index is 0.0726. The second-order valence-electron chi connectivity index (χ2n) is 21.8. The summed E-state index contributed by atoms with van der Waals surface area (Å²) < 4.78 is 5.46. The van der Waals surface area contributed by atoms with Gasteiger partial charge in [-0.05, 0) is 142 Å². The van der Waals surface area contributed by atoms with Gasteiger partial charge in [0.05, 0.1) is 39.2 Å². The summed E-state index contributed by atoms with van der Waals surface area (Å²) in [5, 5.41) is 26.7. The van der Waals surface area contributed by atoms with Crippen LogP contribution in [-0.4, -0.2) is 99.2 Å². The first-order chi connectivity index (χ1) is 39.0. The summed E-state index contributed by atoms with van der Waals surface area (Å²) in [5.74, 6) is 2.34. The van der Waals surface area contributed by atoms with Crippen molar-refractivity contribution in [1.82, 2.24) is 84.3 Å². The summed E-state index contributed by atoms with van der Waals surface area (Å²) in [6.07, 6.45) is 18.6. The number of carbonyl (C=O) groups is 1. The Morgan fingerprint density at radius 2 is 0.950 bits per heavy atom. The van der Waals surface area contributed by atoms with E-state index in [0.717, 1.165) is 148 Å². The standard InChI is InChI=1S/2C21H22N6.C19H16N6O/c1-21(2)10-12-23-17-7-5-14(24-19(17)21)6-8-18-25-20-15-4-3-11-22-16(15)9-13-27(20)26-18;1-21(2)19-14(9-12-23-21)5-6-15(24-19)7-8-18-25-20-16-4-3-11-22-17(16)10-13-27(20)26-18;26-19-17-12(7-10-21-19)3-4-13(22-17)5-6-16-23-18-14-2-1-9-20-15(14)8-11-25(18)24-16/h3-5,7,9,11,13,23H,6,8,10,12H2,1-2H3;3-6,10-11,13,23H,7-9,12H2,1-2H3;1-4,8-9,11H,5-7,10H2,(H,21,26). The molecule has 3 aliphatic heterocycles. The van der Waals surface area contributed by atoms with Gasteiger partial charge in [0.1, 0.15) is 5.69 Å². The van der Waals surface area contributed by atoms with Gasteiger partial charge in [-0.3, -0.25) is 29.7 Å². The smallest absolute Gasteiger partial charge is 0.270 e. The molecule has 0 bridgehead atoms. The highest BCUT2D eigenvalue weighted by Crippen LogP contribution is 2.35. The van der Waals surface area contributed by atoms with E-state index in [4.69, 9.17) is 19.9 Å². The van der Waals surface area contributed by atoms with Crippen molar-refractivity contribution >= 4 is 61.2 Å². The molecule has 0 fully saturated rings. The van der Waals surface area contributed by atoms with Gasteiger partial charge in [0.25, 0.3) is 5.91 Å². The number of rotatable bonds is 9. The number of aromatic nitrogens is 15. The molecule has 15 heterocycles. The molecule has 80 heavy (non-hydrogen) atoms. The Morgan fingerprint density at radius 1 is 0.475 bits per heavy atom. The number of nitrogens with zero attached hydrogens (tertiary/aromatic N) is 15. The molecule has 0 unspecified atom stereocenters. The van der Waals surface area contributed by atoms with Crippen LogP contribution in [0, 0.1) is 0 Å². The molecule has 0 radical (unpaired) electrons. The summed E-state index contributed by atoms with van der Waals surface area (Å²) in [5.41, 5.74) is 14.9. The average molecular weight is 1060 g/mol. The molecule has 19 nitrogen and oxygen atoms in total. The fourth-order valence-corrected chi connectivity index (χ4v) is 11.0. The van der Waals surface area contributed by atoms with E-state index in [2.05, 4.69) is 108 Å². The summed E-state index contributed by atoms with van der Waals surface area (Å²) in [6, 6.07) is 30.4. The maximum atomic E-state index is 11.9. The third kappa shape index (κ3) is 10.1. The van der Waals surface area contributed by atoms with Crippen LogP contribution in [-0.2, 0) is 62.3 Å². The molecule has 3 N–H and O–H groups in total. The number of carbonyl (C=O) groups excluding carboxylic acids is 1. The van der Waals surface area contributed by atoms with E-state index in [1.165, 1.54) is 22.6 Å². The Morgan fingerprint density at radius 3 is 1.49 bits per heavy atom. The lowest BCUT2D eigenvalue weighted by molar-refractivity contribution is 0.0940. The molecule has 12 aromatic rings. The first kappa shape index (κ1) is 50.3. The number of pyridine rings is 9. The van der Waals surface area contributed by atoms with Crippen LogP contribution >= 0.6 is 0 Å². The maximum absolute atomic E-state index is 11.9. The molecule has 0 aliphatic carbocycles. The van der Waals surface area contributed by atoms with Gasteiger partial charge in [-0.1, -0.05) is 26.0 Å². The number of fused-ring (bicyclic) bond motifs is 12. The minimum Gasteiger partial charge on any atom is -0.384 e. The lowest BCUT2D eigenvalue weighted by Crippen LogP contribution is -2.43. The summed E-state index contributed by atoms with van der Waals surface area (Å²) in [4.78, 5) is 53.7.